The molecule has 3 heteroatoms. The van der Waals surface area contributed by atoms with Crippen LogP contribution >= 0.6 is 0 Å². The molecule has 0 spiro atoms. The molecule has 3 nitrogen and oxygen atoms in total. The molecule has 0 fully saturated rings. The van der Waals surface area contributed by atoms with Gasteiger partial charge in [-0.1, -0.05) is 13.8 Å². The van der Waals surface area contributed by atoms with Crippen LogP contribution in [-0.2, 0) is 6.54 Å². The van der Waals surface area contributed by atoms with Gasteiger partial charge < -0.3 is 0 Å². The summed E-state index contributed by atoms with van der Waals surface area (Å²) in [5.41, 5.74) is 0. The molecule has 0 N–H and O–H groups in total. The third-order valence-corrected chi connectivity index (χ3v) is 0.945. The molecule has 0 saturated carbocycles. The minimum absolute atomic E-state index is 0.875. The maximum absolute atomic E-state index is 3.94. The minimum atomic E-state index is 0.875. The van der Waals surface area contributed by atoms with Crippen molar-refractivity contribution in [1.29, 1.82) is 0 Å². The molecule has 0 saturated heterocycles. The van der Waals surface area contributed by atoms with E-state index in [4.69, 9.17) is 0 Å². The van der Waals surface area contributed by atoms with Gasteiger partial charge in [0.15, 0.2) is 0 Å². The van der Waals surface area contributed by atoms with Crippen LogP contribution in [0.15, 0.2) is 12.7 Å². The third kappa shape index (κ3) is 1.83. The Bertz CT molecular complexity index is 155. The van der Waals surface area contributed by atoms with Gasteiger partial charge in [-0.3, -0.25) is 4.68 Å². The van der Waals surface area contributed by atoms with Crippen LogP contribution < -0.4 is 0 Å². The van der Waals surface area contributed by atoms with Gasteiger partial charge in [-0.2, -0.15) is 5.10 Å². The van der Waals surface area contributed by atoms with Crippen LogP contribution in [0.1, 0.15) is 13.8 Å². The maximum atomic E-state index is 3.94. The van der Waals surface area contributed by atoms with Gasteiger partial charge in [0.25, 0.3) is 0 Å². The van der Waals surface area contributed by atoms with Crippen molar-refractivity contribution in [3.8, 4) is 0 Å². The molecule has 0 atom stereocenters. The first-order chi connectivity index (χ1) is 4.29. The SMILES string of the molecule is C[C](C)Cn1cncn1. The van der Waals surface area contributed by atoms with Crippen LogP contribution in [0.3, 0.4) is 0 Å². The Morgan fingerprint density at radius 2 is 2.33 bits per heavy atom. The zero-order chi connectivity index (χ0) is 6.69. The van der Waals surface area contributed by atoms with E-state index in [1.54, 1.807) is 17.3 Å². The second-order valence-electron chi connectivity index (χ2n) is 2.30. The summed E-state index contributed by atoms with van der Waals surface area (Å²) in [6.07, 6.45) is 3.26. The smallest absolute Gasteiger partial charge is 0.137 e. The molecule has 49 valence electrons. The van der Waals surface area contributed by atoms with Gasteiger partial charge in [-0.25, -0.2) is 4.98 Å². The van der Waals surface area contributed by atoms with E-state index < -0.39 is 0 Å². The van der Waals surface area contributed by atoms with Crippen molar-refractivity contribution in [3.63, 3.8) is 0 Å². The highest BCUT2D eigenvalue weighted by Gasteiger charge is 1.94. The third-order valence-electron chi connectivity index (χ3n) is 0.945. The predicted molar refractivity (Wildman–Crippen MR) is 34.6 cm³/mol. The Morgan fingerprint density at radius 1 is 1.56 bits per heavy atom. The van der Waals surface area contributed by atoms with Crippen molar-refractivity contribution in [2.45, 2.75) is 20.4 Å². The highest BCUT2D eigenvalue weighted by Crippen LogP contribution is 1.96. The van der Waals surface area contributed by atoms with Crippen LogP contribution in [0.2, 0.25) is 0 Å². The van der Waals surface area contributed by atoms with Gasteiger partial charge >= 0.3 is 0 Å². The van der Waals surface area contributed by atoms with E-state index in [0.29, 0.717) is 0 Å². The van der Waals surface area contributed by atoms with Crippen molar-refractivity contribution in [1.82, 2.24) is 14.8 Å². The Labute approximate surface area is 54.7 Å². The van der Waals surface area contributed by atoms with Gasteiger partial charge in [0.2, 0.25) is 0 Å². The van der Waals surface area contributed by atoms with Crippen LogP contribution in [0.25, 0.3) is 0 Å². The summed E-state index contributed by atoms with van der Waals surface area (Å²) >= 11 is 0. The lowest BCUT2D eigenvalue weighted by atomic mass is 10.2. The lowest BCUT2D eigenvalue weighted by molar-refractivity contribution is 0.627. The van der Waals surface area contributed by atoms with Gasteiger partial charge in [0, 0.05) is 6.54 Å². The Balaban J connectivity index is 2.48. The fourth-order valence-corrected chi connectivity index (χ4v) is 0.638. The lowest BCUT2D eigenvalue weighted by Crippen LogP contribution is -2.02. The van der Waals surface area contributed by atoms with Gasteiger partial charge in [0.05, 0.1) is 0 Å². The summed E-state index contributed by atoms with van der Waals surface area (Å²) in [4.78, 5) is 3.81. The zero-order valence-corrected chi connectivity index (χ0v) is 5.70. The maximum Gasteiger partial charge on any atom is 0.137 e. The fraction of sp³-hybridized carbons (Fsp3) is 0.500. The van der Waals surface area contributed by atoms with Crippen molar-refractivity contribution < 1.29 is 0 Å². The molecule has 1 rings (SSSR count). The highest BCUT2D eigenvalue weighted by molar-refractivity contribution is 4.76. The fourth-order valence-electron chi connectivity index (χ4n) is 0.638. The summed E-state index contributed by atoms with van der Waals surface area (Å²) in [5.74, 6) is 1.33. The summed E-state index contributed by atoms with van der Waals surface area (Å²) in [7, 11) is 0. The Hall–Kier alpha value is -0.860. The predicted octanol–water partition coefficient (Wildman–Crippen LogP) is 0.892. The molecular weight excluding hydrogens is 114 g/mol. The second-order valence-corrected chi connectivity index (χ2v) is 2.30. The summed E-state index contributed by atoms with van der Waals surface area (Å²) < 4.78 is 1.80. The van der Waals surface area contributed by atoms with Crippen LogP contribution in [0, 0.1) is 5.92 Å². The minimum Gasteiger partial charge on any atom is -0.252 e. The first-order valence-electron chi connectivity index (χ1n) is 2.90. The zero-order valence-electron chi connectivity index (χ0n) is 5.70. The van der Waals surface area contributed by atoms with Crippen LogP contribution in [0.4, 0.5) is 0 Å². The van der Waals surface area contributed by atoms with Crippen molar-refractivity contribution in [3.05, 3.63) is 18.6 Å². The Morgan fingerprint density at radius 3 is 2.78 bits per heavy atom. The van der Waals surface area contributed by atoms with E-state index in [-0.39, 0.29) is 0 Å². The number of hydrogen-bond acceptors (Lipinski definition) is 2. The second kappa shape index (κ2) is 2.62. The van der Waals surface area contributed by atoms with E-state index in [9.17, 15) is 0 Å². The number of nitrogens with zero attached hydrogens (tertiary/aromatic N) is 3. The van der Waals surface area contributed by atoms with Crippen molar-refractivity contribution in [2.24, 2.45) is 0 Å². The van der Waals surface area contributed by atoms with Crippen molar-refractivity contribution in [2.75, 3.05) is 0 Å². The number of hydrogen-bond donors (Lipinski definition) is 0. The molecule has 0 amide bonds. The molecule has 0 aliphatic heterocycles. The lowest BCUT2D eigenvalue weighted by Gasteiger charge is -2.00. The molecule has 1 aromatic heterocycles. The summed E-state index contributed by atoms with van der Waals surface area (Å²) in [6, 6.07) is 0. The largest absolute Gasteiger partial charge is 0.252 e. The van der Waals surface area contributed by atoms with Crippen molar-refractivity contribution >= 4 is 0 Å². The normalized spacial score (nSPS) is 10.6. The average Bonchev–Trinajstić information content (AvgIpc) is 2.15. The summed E-state index contributed by atoms with van der Waals surface area (Å²) in [5, 5.41) is 3.94. The topological polar surface area (TPSA) is 30.7 Å². The summed E-state index contributed by atoms with van der Waals surface area (Å²) in [6.45, 7) is 5.02. The highest BCUT2D eigenvalue weighted by atomic mass is 15.3. The van der Waals surface area contributed by atoms with Crippen LogP contribution in [-0.4, -0.2) is 14.8 Å². The molecule has 0 unspecified atom stereocenters. The quantitative estimate of drug-likeness (QED) is 0.586. The van der Waals surface area contributed by atoms with Gasteiger partial charge in [-0.05, 0) is 5.92 Å². The Kier molecular flexibility index (Phi) is 1.82. The van der Waals surface area contributed by atoms with E-state index in [0.717, 1.165) is 6.54 Å². The number of aromatic nitrogens is 3. The van der Waals surface area contributed by atoms with Gasteiger partial charge in [-0.15, -0.1) is 0 Å². The standard InChI is InChI=1S/C6H10N3/c1-6(2)3-9-5-7-4-8-9/h4-5H,3H2,1-2H3. The molecular formula is C6H10N3. The van der Waals surface area contributed by atoms with E-state index >= 15 is 0 Å². The van der Waals surface area contributed by atoms with E-state index in [1.807, 2.05) is 0 Å². The number of rotatable bonds is 2. The first-order valence-corrected chi connectivity index (χ1v) is 2.90. The molecule has 1 heterocycles. The molecule has 0 aliphatic carbocycles. The van der Waals surface area contributed by atoms with Gasteiger partial charge in [0.1, 0.15) is 12.7 Å². The average molecular weight is 124 g/mol. The molecule has 0 aliphatic rings. The molecule has 1 aromatic rings. The first kappa shape index (κ1) is 6.26. The molecule has 9 heavy (non-hydrogen) atoms. The van der Waals surface area contributed by atoms with E-state index in [1.165, 1.54) is 5.92 Å². The monoisotopic (exact) mass is 124 g/mol. The van der Waals surface area contributed by atoms with E-state index in [2.05, 4.69) is 23.9 Å². The van der Waals surface area contributed by atoms with Crippen LogP contribution in [0.5, 0.6) is 0 Å². The molecule has 0 bridgehead atoms. The molecule has 1 radical (unpaired) electrons. The molecule has 0 aromatic carbocycles.